The van der Waals surface area contributed by atoms with Crippen molar-refractivity contribution in [1.29, 1.82) is 0 Å². The van der Waals surface area contributed by atoms with E-state index in [2.05, 4.69) is 16.2 Å². The third-order valence-electron chi connectivity index (χ3n) is 1.57. The van der Waals surface area contributed by atoms with Crippen molar-refractivity contribution in [2.45, 2.75) is 0 Å². The summed E-state index contributed by atoms with van der Waals surface area (Å²) in [5.41, 5.74) is 4.69. The number of hydrogen-bond donors (Lipinski definition) is 3. The summed E-state index contributed by atoms with van der Waals surface area (Å²) in [6.45, 7) is 0. The minimum Gasteiger partial charge on any atom is -0.618 e. The van der Waals surface area contributed by atoms with Crippen LogP contribution in [0.4, 0.5) is 0 Å². The number of pyridine rings is 1. The molecule has 7 heteroatoms. The van der Waals surface area contributed by atoms with Crippen molar-refractivity contribution in [3.05, 3.63) is 35.3 Å². The molecular formula is C8H10N4O2S. The van der Waals surface area contributed by atoms with Gasteiger partial charge in [0.1, 0.15) is 0 Å². The Morgan fingerprint density at radius 2 is 2.20 bits per heavy atom. The van der Waals surface area contributed by atoms with E-state index in [-0.39, 0.29) is 10.8 Å². The van der Waals surface area contributed by atoms with E-state index >= 15 is 0 Å². The standard InChI is InChI=1S/C8H10N4O2S/c1-9-8(15)11-10-7(13)6-4-2-3-5-12(6)14/h2-5H,1H3,(H,10,13)(H2,9,11,15). The molecule has 15 heavy (non-hydrogen) atoms. The van der Waals surface area contributed by atoms with Crippen molar-refractivity contribution < 1.29 is 9.52 Å². The van der Waals surface area contributed by atoms with Gasteiger partial charge in [0.25, 0.3) is 5.69 Å². The van der Waals surface area contributed by atoms with Crippen molar-refractivity contribution in [1.82, 2.24) is 16.2 Å². The first-order chi connectivity index (χ1) is 7.15. The Morgan fingerprint density at radius 1 is 1.47 bits per heavy atom. The molecule has 0 fully saturated rings. The number of hydrazine groups is 1. The van der Waals surface area contributed by atoms with Crippen molar-refractivity contribution in [3.8, 4) is 0 Å². The van der Waals surface area contributed by atoms with Gasteiger partial charge in [-0.15, -0.1) is 0 Å². The number of hydrogen-bond acceptors (Lipinski definition) is 3. The Kier molecular flexibility index (Phi) is 3.81. The fraction of sp³-hybridized carbons (Fsp3) is 0.125. The molecular weight excluding hydrogens is 216 g/mol. The summed E-state index contributed by atoms with van der Waals surface area (Å²) < 4.78 is 0.472. The van der Waals surface area contributed by atoms with Crippen LogP contribution in [0.2, 0.25) is 0 Å². The summed E-state index contributed by atoms with van der Waals surface area (Å²) in [6, 6.07) is 4.54. The second-order valence-electron chi connectivity index (χ2n) is 2.57. The fourth-order valence-electron chi connectivity index (χ4n) is 0.844. The molecule has 1 heterocycles. The Bertz CT molecular complexity index is 383. The minimum atomic E-state index is -0.553. The van der Waals surface area contributed by atoms with Gasteiger partial charge in [0.05, 0.1) is 0 Å². The zero-order valence-electron chi connectivity index (χ0n) is 7.98. The Labute approximate surface area is 91.8 Å². The average molecular weight is 226 g/mol. The van der Waals surface area contributed by atoms with Gasteiger partial charge in [-0.25, -0.2) is 0 Å². The first-order valence-corrected chi connectivity index (χ1v) is 4.52. The SMILES string of the molecule is CNC(=S)NNC(=O)c1cccc[n+]1[O-]. The third kappa shape index (κ3) is 3.06. The maximum Gasteiger partial charge on any atom is 0.335 e. The highest BCUT2D eigenvalue weighted by molar-refractivity contribution is 7.80. The summed E-state index contributed by atoms with van der Waals surface area (Å²) in [7, 11) is 1.61. The summed E-state index contributed by atoms with van der Waals surface area (Å²) in [4.78, 5) is 11.4. The van der Waals surface area contributed by atoms with Crippen LogP contribution >= 0.6 is 12.2 Å². The molecule has 0 radical (unpaired) electrons. The molecule has 0 saturated carbocycles. The summed E-state index contributed by atoms with van der Waals surface area (Å²) in [5.74, 6) is -0.553. The Hall–Kier alpha value is -1.89. The number of thiocarbonyl (C=S) groups is 1. The molecule has 80 valence electrons. The number of nitrogens with zero attached hydrogens (tertiary/aromatic N) is 1. The molecule has 1 aromatic rings. The third-order valence-corrected chi connectivity index (χ3v) is 1.88. The van der Waals surface area contributed by atoms with Gasteiger partial charge in [-0.2, -0.15) is 4.73 Å². The molecule has 0 spiro atoms. The van der Waals surface area contributed by atoms with E-state index < -0.39 is 5.91 Å². The first kappa shape index (κ1) is 11.2. The van der Waals surface area contributed by atoms with Crippen LogP contribution in [-0.2, 0) is 0 Å². The molecule has 0 bridgehead atoms. The monoisotopic (exact) mass is 226 g/mol. The van der Waals surface area contributed by atoms with E-state index in [1.165, 1.54) is 18.3 Å². The molecule has 0 aromatic carbocycles. The summed E-state index contributed by atoms with van der Waals surface area (Å²) >= 11 is 4.73. The van der Waals surface area contributed by atoms with Gasteiger partial charge >= 0.3 is 5.91 Å². The van der Waals surface area contributed by atoms with E-state index in [9.17, 15) is 10.0 Å². The number of amides is 1. The lowest BCUT2D eigenvalue weighted by atomic mass is 10.3. The van der Waals surface area contributed by atoms with Crippen molar-refractivity contribution in [2.24, 2.45) is 0 Å². The van der Waals surface area contributed by atoms with Crippen LogP contribution in [0.3, 0.4) is 0 Å². The zero-order valence-corrected chi connectivity index (χ0v) is 8.80. The van der Waals surface area contributed by atoms with Crippen molar-refractivity contribution in [3.63, 3.8) is 0 Å². The Morgan fingerprint density at radius 3 is 2.80 bits per heavy atom. The van der Waals surface area contributed by atoms with Crippen LogP contribution in [0.1, 0.15) is 10.5 Å². The highest BCUT2D eigenvalue weighted by Crippen LogP contribution is 1.89. The number of aromatic nitrogens is 1. The number of carbonyl (C=O) groups excluding carboxylic acids is 1. The lowest BCUT2D eigenvalue weighted by Gasteiger charge is -2.08. The Balaban J connectivity index is 2.62. The topological polar surface area (TPSA) is 80.1 Å². The van der Waals surface area contributed by atoms with Gasteiger partial charge in [-0.3, -0.25) is 15.6 Å². The van der Waals surface area contributed by atoms with Crippen molar-refractivity contribution >= 4 is 23.2 Å². The van der Waals surface area contributed by atoms with E-state index in [4.69, 9.17) is 12.2 Å². The van der Waals surface area contributed by atoms with E-state index in [1.54, 1.807) is 13.1 Å². The van der Waals surface area contributed by atoms with Crippen LogP contribution in [0.5, 0.6) is 0 Å². The molecule has 0 aliphatic rings. The normalized spacial score (nSPS) is 9.13. The van der Waals surface area contributed by atoms with Crippen LogP contribution < -0.4 is 20.9 Å². The van der Waals surface area contributed by atoms with Gasteiger partial charge in [0.15, 0.2) is 11.3 Å². The van der Waals surface area contributed by atoms with Crippen LogP contribution in [0.25, 0.3) is 0 Å². The molecule has 1 amide bonds. The average Bonchev–Trinajstić information content (AvgIpc) is 2.26. The summed E-state index contributed by atoms with van der Waals surface area (Å²) in [5, 5.41) is 14.0. The molecule has 6 nitrogen and oxygen atoms in total. The predicted octanol–water partition coefficient (Wildman–Crippen LogP) is -0.941. The van der Waals surface area contributed by atoms with Gasteiger partial charge < -0.3 is 10.5 Å². The van der Waals surface area contributed by atoms with Gasteiger partial charge in [-0.05, 0) is 18.3 Å². The molecule has 3 N–H and O–H groups in total. The molecule has 0 aliphatic carbocycles. The van der Waals surface area contributed by atoms with Crippen LogP contribution in [0, 0.1) is 5.21 Å². The van der Waals surface area contributed by atoms with Crippen LogP contribution in [-0.4, -0.2) is 18.1 Å². The van der Waals surface area contributed by atoms with E-state index in [1.807, 2.05) is 0 Å². The smallest absolute Gasteiger partial charge is 0.335 e. The van der Waals surface area contributed by atoms with E-state index in [0.29, 0.717) is 4.73 Å². The first-order valence-electron chi connectivity index (χ1n) is 4.11. The quantitative estimate of drug-likeness (QED) is 0.249. The zero-order chi connectivity index (χ0) is 11.3. The minimum absolute atomic E-state index is 0.0103. The maximum atomic E-state index is 11.4. The second-order valence-corrected chi connectivity index (χ2v) is 2.98. The number of carbonyl (C=O) groups is 1. The maximum absolute atomic E-state index is 11.4. The largest absolute Gasteiger partial charge is 0.618 e. The van der Waals surface area contributed by atoms with Gasteiger partial charge in [0.2, 0.25) is 0 Å². The van der Waals surface area contributed by atoms with Gasteiger partial charge in [-0.1, -0.05) is 0 Å². The fourth-order valence-corrected chi connectivity index (χ4v) is 0.895. The summed E-state index contributed by atoms with van der Waals surface area (Å²) in [6.07, 6.45) is 1.24. The molecule has 0 saturated heterocycles. The number of nitrogens with one attached hydrogen (secondary N) is 3. The second kappa shape index (κ2) is 5.11. The molecule has 0 atom stereocenters. The lowest BCUT2D eigenvalue weighted by molar-refractivity contribution is -0.607. The number of rotatable bonds is 1. The van der Waals surface area contributed by atoms with Gasteiger partial charge in [0, 0.05) is 19.2 Å². The van der Waals surface area contributed by atoms with Crippen LogP contribution in [0.15, 0.2) is 24.4 Å². The lowest BCUT2D eigenvalue weighted by Crippen LogP contribution is -2.49. The molecule has 0 aliphatic heterocycles. The molecule has 1 rings (SSSR count). The highest BCUT2D eigenvalue weighted by atomic mass is 32.1. The predicted molar refractivity (Wildman–Crippen MR) is 57.7 cm³/mol. The highest BCUT2D eigenvalue weighted by Gasteiger charge is 2.14. The molecule has 0 unspecified atom stereocenters. The molecule has 1 aromatic heterocycles. The van der Waals surface area contributed by atoms with Crippen molar-refractivity contribution in [2.75, 3.05) is 7.05 Å². The van der Waals surface area contributed by atoms with E-state index in [0.717, 1.165) is 0 Å².